The Balaban J connectivity index is 1.77. The molecule has 3 rings (SSSR count). The maximum absolute atomic E-state index is 13.2. The number of nitrogens with one attached hydrogen (secondary N) is 2. The van der Waals surface area contributed by atoms with Crippen molar-refractivity contribution in [3.63, 3.8) is 0 Å². The molecular weight excluding hydrogens is 359 g/mol. The molecule has 2 N–H and O–H groups in total. The third kappa shape index (κ3) is 3.67. The van der Waals surface area contributed by atoms with Crippen molar-refractivity contribution in [2.75, 3.05) is 5.32 Å². The zero-order valence-corrected chi connectivity index (χ0v) is 14.9. The van der Waals surface area contributed by atoms with Crippen LogP contribution in [0, 0.1) is 5.82 Å². The molecule has 0 saturated heterocycles. The fourth-order valence-electron chi connectivity index (χ4n) is 2.59. The predicted molar refractivity (Wildman–Crippen MR) is 97.6 cm³/mol. The summed E-state index contributed by atoms with van der Waals surface area (Å²) in [5.74, 6) is -0.473. The van der Waals surface area contributed by atoms with Crippen LogP contribution in [0.5, 0.6) is 0 Å². The minimum atomic E-state index is -0.575. The van der Waals surface area contributed by atoms with Gasteiger partial charge < -0.3 is 15.2 Å². The van der Waals surface area contributed by atoms with E-state index in [1.165, 1.54) is 19.1 Å². The molecule has 0 fully saturated rings. The Labute approximate surface area is 154 Å². The van der Waals surface area contributed by atoms with Crippen molar-refractivity contribution in [2.24, 2.45) is 7.05 Å². The first-order chi connectivity index (χ1) is 12.3. The van der Waals surface area contributed by atoms with Crippen molar-refractivity contribution >= 4 is 40.1 Å². The van der Waals surface area contributed by atoms with Crippen LogP contribution in [0.2, 0.25) is 5.02 Å². The van der Waals surface area contributed by atoms with Crippen LogP contribution >= 0.6 is 11.6 Å². The summed E-state index contributed by atoms with van der Waals surface area (Å²) >= 11 is 5.70. The lowest BCUT2D eigenvalue weighted by Crippen LogP contribution is -2.24. The number of hydrogen-bond acceptors (Lipinski definition) is 3. The van der Waals surface area contributed by atoms with Crippen LogP contribution in [-0.2, 0) is 18.4 Å². The van der Waals surface area contributed by atoms with E-state index in [1.54, 1.807) is 12.1 Å². The Morgan fingerprint density at radius 3 is 2.69 bits per heavy atom. The van der Waals surface area contributed by atoms with E-state index in [-0.39, 0.29) is 28.9 Å². The van der Waals surface area contributed by atoms with Crippen LogP contribution in [0.1, 0.15) is 23.1 Å². The zero-order chi connectivity index (χ0) is 18.8. The molecule has 2 amide bonds. The number of hydrogen-bond donors (Lipinski definition) is 2. The number of carbonyl (C=O) groups is 2. The largest absolute Gasteiger partial charge is 0.345 e. The van der Waals surface area contributed by atoms with Gasteiger partial charge in [-0.2, -0.15) is 0 Å². The molecule has 2 aromatic carbocycles. The molecule has 0 saturated carbocycles. The van der Waals surface area contributed by atoms with Gasteiger partial charge in [-0.15, -0.1) is 0 Å². The zero-order valence-electron chi connectivity index (χ0n) is 14.1. The second-order valence-electron chi connectivity index (χ2n) is 5.78. The first-order valence-electron chi connectivity index (χ1n) is 7.81. The Morgan fingerprint density at radius 1 is 1.23 bits per heavy atom. The van der Waals surface area contributed by atoms with E-state index in [4.69, 9.17) is 11.6 Å². The molecule has 8 heteroatoms. The van der Waals surface area contributed by atoms with Crippen molar-refractivity contribution in [3.05, 3.63) is 58.6 Å². The maximum atomic E-state index is 13.2. The van der Waals surface area contributed by atoms with Crippen molar-refractivity contribution in [2.45, 2.75) is 13.5 Å². The van der Waals surface area contributed by atoms with E-state index in [1.807, 2.05) is 17.7 Å². The summed E-state index contributed by atoms with van der Waals surface area (Å²) in [6, 6.07) is 9.19. The van der Waals surface area contributed by atoms with Gasteiger partial charge in [-0.25, -0.2) is 9.37 Å². The third-order valence-electron chi connectivity index (χ3n) is 3.88. The number of anilines is 1. The van der Waals surface area contributed by atoms with E-state index < -0.39 is 5.82 Å². The van der Waals surface area contributed by atoms with Crippen molar-refractivity contribution < 1.29 is 14.0 Å². The third-order valence-corrected chi connectivity index (χ3v) is 4.17. The highest BCUT2D eigenvalue weighted by molar-refractivity contribution is 6.31. The number of carbonyl (C=O) groups excluding carboxylic acids is 2. The summed E-state index contributed by atoms with van der Waals surface area (Å²) in [4.78, 5) is 27.9. The lowest BCUT2D eigenvalue weighted by atomic mass is 10.2. The molecule has 0 bridgehead atoms. The quantitative estimate of drug-likeness (QED) is 0.736. The van der Waals surface area contributed by atoms with Crippen molar-refractivity contribution in [1.82, 2.24) is 14.9 Å². The standard InChI is InChI=1S/C18H16ClFN4O2/c1-10(25)22-12-4-6-16-15(8-12)23-17(24(16)2)9-21-18(26)11-3-5-14(20)13(19)7-11/h3-8H,9H2,1-2H3,(H,21,26)(H,22,25). The number of aromatic nitrogens is 2. The smallest absolute Gasteiger partial charge is 0.251 e. The Morgan fingerprint density at radius 2 is 2.00 bits per heavy atom. The minimum Gasteiger partial charge on any atom is -0.345 e. The highest BCUT2D eigenvalue weighted by Crippen LogP contribution is 2.20. The molecule has 0 aliphatic rings. The molecule has 0 spiro atoms. The lowest BCUT2D eigenvalue weighted by molar-refractivity contribution is -0.114. The van der Waals surface area contributed by atoms with Crippen molar-refractivity contribution in [3.8, 4) is 0 Å². The molecule has 1 aromatic heterocycles. The van der Waals surface area contributed by atoms with Crippen LogP contribution in [0.25, 0.3) is 11.0 Å². The van der Waals surface area contributed by atoms with E-state index in [2.05, 4.69) is 15.6 Å². The summed E-state index contributed by atoms with van der Waals surface area (Å²) in [5.41, 5.74) is 2.49. The Kier molecular flexibility index (Phi) is 4.90. The van der Waals surface area contributed by atoms with E-state index >= 15 is 0 Å². The predicted octanol–water partition coefficient (Wildman–Crippen LogP) is 3.25. The average molecular weight is 375 g/mol. The molecule has 134 valence electrons. The number of halogens is 2. The van der Waals surface area contributed by atoms with Crippen LogP contribution < -0.4 is 10.6 Å². The molecule has 0 aliphatic heterocycles. The van der Waals surface area contributed by atoms with Gasteiger partial charge in [0.15, 0.2) is 0 Å². The van der Waals surface area contributed by atoms with Crippen molar-refractivity contribution in [1.29, 1.82) is 0 Å². The summed E-state index contributed by atoms with van der Waals surface area (Å²) in [6.07, 6.45) is 0. The fraction of sp³-hybridized carbons (Fsp3) is 0.167. The average Bonchev–Trinajstić information content (AvgIpc) is 2.90. The van der Waals surface area contributed by atoms with Crippen LogP contribution in [0.15, 0.2) is 36.4 Å². The van der Waals surface area contributed by atoms with Gasteiger partial charge in [0.2, 0.25) is 5.91 Å². The number of aryl methyl sites for hydroxylation is 1. The Bertz CT molecular complexity index is 1020. The monoisotopic (exact) mass is 374 g/mol. The summed E-state index contributed by atoms with van der Waals surface area (Å²) in [7, 11) is 1.84. The number of rotatable bonds is 4. The molecule has 0 unspecified atom stereocenters. The molecule has 1 heterocycles. The molecule has 26 heavy (non-hydrogen) atoms. The van der Waals surface area contributed by atoms with Gasteiger partial charge in [-0.05, 0) is 36.4 Å². The number of imidazole rings is 1. The highest BCUT2D eigenvalue weighted by Gasteiger charge is 2.12. The van der Waals surface area contributed by atoms with Gasteiger partial charge in [-0.3, -0.25) is 9.59 Å². The number of amides is 2. The summed E-state index contributed by atoms with van der Waals surface area (Å²) < 4.78 is 15.0. The van der Waals surface area contributed by atoms with Gasteiger partial charge >= 0.3 is 0 Å². The Hall–Kier alpha value is -2.93. The molecular formula is C18H16ClFN4O2. The number of fused-ring (bicyclic) bond motifs is 1. The second kappa shape index (κ2) is 7.13. The fourth-order valence-corrected chi connectivity index (χ4v) is 2.77. The number of benzene rings is 2. The van der Waals surface area contributed by atoms with Gasteiger partial charge in [-0.1, -0.05) is 11.6 Å². The molecule has 0 aliphatic carbocycles. The van der Waals surface area contributed by atoms with Crippen LogP contribution in [0.4, 0.5) is 10.1 Å². The van der Waals surface area contributed by atoms with Gasteiger partial charge in [0, 0.05) is 25.2 Å². The van der Waals surface area contributed by atoms with Gasteiger partial charge in [0.1, 0.15) is 11.6 Å². The number of nitrogens with zero attached hydrogens (tertiary/aromatic N) is 2. The van der Waals surface area contributed by atoms with Crippen LogP contribution in [-0.4, -0.2) is 21.4 Å². The van der Waals surface area contributed by atoms with E-state index in [0.29, 0.717) is 17.0 Å². The lowest BCUT2D eigenvalue weighted by Gasteiger charge is -2.06. The summed E-state index contributed by atoms with van der Waals surface area (Å²) in [6.45, 7) is 1.62. The normalized spacial score (nSPS) is 10.8. The first kappa shape index (κ1) is 17.9. The molecule has 0 radical (unpaired) electrons. The summed E-state index contributed by atoms with van der Waals surface area (Å²) in [5, 5.41) is 5.34. The first-order valence-corrected chi connectivity index (χ1v) is 8.19. The van der Waals surface area contributed by atoms with Gasteiger partial charge in [0.25, 0.3) is 5.91 Å². The SMILES string of the molecule is CC(=O)Nc1ccc2c(c1)nc(CNC(=O)c1ccc(F)c(Cl)c1)n2C. The van der Waals surface area contributed by atoms with E-state index in [0.717, 1.165) is 11.6 Å². The highest BCUT2D eigenvalue weighted by atomic mass is 35.5. The van der Waals surface area contributed by atoms with Crippen LogP contribution in [0.3, 0.4) is 0 Å². The molecule has 0 atom stereocenters. The minimum absolute atomic E-state index is 0.106. The molecule has 6 nitrogen and oxygen atoms in total. The topological polar surface area (TPSA) is 76.0 Å². The van der Waals surface area contributed by atoms with Gasteiger partial charge in [0.05, 0.1) is 22.6 Å². The van der Waals surface area contributed by atoms with E-state index in [9.17, 15) is 14.0 Å². The maximum Gasteiger partial charge on any atom is 0.251 e. The molecule has 3 aromatic rings. The second-order valence-corrected chi connectivity index (χ2v) is 6.19.